The normalized spacial score (nSPS) is 17.5. The minimum Gasteiger partial charge on any atom is -0.455 e. The fourth-order valence-corrected chi connectivity index (χ4v) is 3.74. The Morgan fingerprint density at radius 1 is 1.06 bits per heavy atom. The van der Waals surface area contributed by atoms with Gasteiger partial charge in [0.15, 0.2) is 0 Å². The Bertz CT molecular complexity index is 938. The van der Waals surface area contributed by atoms with Crippen LogP contribution in [-0.2, 0) is 20.9 Å². The number of esters is 1. The van der Waals surface area contributed by atoms with E-state index in [0.29, 0.717) is 5.57 Å². The number of hydrogen-bond acceptors (Lipinski definition) is 3. The summed E-state index contributed by atoms with van der Waals surface area (Å²) in [5, 5.41) is 0. The van der Waals surface area contributed by atoms with Crippen molar-refractivity contribution in [2.24, 2.45) is 5.41 Å². The molecule has 0 saturated carbocycles. The van der Waals surface area contributed by atoms with Crippen molar-refractivity contribution in [3.63, 3.8) is 0 Å². The number of ether oxygens (including phenoxy) is 1. The molecule has 0 saturated heterocycles. The van der Waals surface area contributed by atoms with E-state index in [2.05, 4.69) is 39.8 Å². The molecule has 31 heavy (non-hydrogen) atoms. The smallest absolute Gasteiger partial charge is 0.379 e. The third kappa shape index (κ3) is 8.01. The van der Waals surface area contributed by atoms with Gasteiger partial charge in [0.2, 0.25) is 0 Å². The van der Waals surface area contributed by atoms with Gasteiger partial charge in [0.1, 0.15) is 6.61 Å². The summed E-state index contributed by atoms with van der Waals surface area (Å²) >= 11 is 0. The SMILES string of the molecule is CC1=C(/C=C/C(C)=C/C=C/C(C)=C/C(=O)C(=O)OCc2ccccc2)C(C)(C)CCC1. The number of hydrogen-bond donors (Lipinski definition) is 0. The molecule has 0 unspecified atom stereocenters. The van der Waals surface area contributed by atoms with Crippen LogP contribution >= 0.6 is 0 Å². The second kappa shape index (κ2) is 11.5. The number of ketones is 1. The van der Waals surface area contributed by atoms with Crippen molar-refractivity contribution in [3.05, 3.63) is 94.6 Å². The molecular weight excluding hydrogens is 384 g/mol. The summed E-state index contributed by atoms with van der Waals surface area (Å²) in [4.78, 5) is 23.9. The lowest BCUT2D eigenvalue weighted by molar-refractivity contribution is -0.152. The molecule has 0 N–H and O–H groups in total. The first-order valence-electron chi connectivity index (χ1n) is 10.9. The molecular formula is C28H34O3. The van der Waals surface area contributed by atoms with Gasteiger partial charge in [-0.2, -0.15) is 0 Å². The first kappa shape index (κ1) is 24.3. The average Bonchev–Trinajstić information content (AvgIpc) is 2.71. The highest BCUT2D eigenvalue weighted by Gasteiger charge is 2.26. The van der Waals surface area contributed by atoms with Gasteiger partial charge < -0.3 is 4.74 Å². The van der Waals surface area contributed by atoms with Gasteiger partial charge in [0.25, 0.3) is 5.78 Å². The molecule has 0 aliphatic heterocycles. The van der Waals surface area contributed by atoms with Gasteiger partial charge >= 0.3 is 5.97 Å². The van der Waals surface area contributed by atoms with E-state index < -0.39 is 11.8 Å². The Hall–Kier alpha value is -2.94. The van der Waals surface area contributed by atoms with E-state index in [9.17, 15) is 9.59 Å². The van der Waals surface area contributed by atoms with Gasteiger partial charge in [-0.15, -0.1) is 0 Å². The molecule has 3 nitrogen and oxygen atoms in total. The summed E-state index contributed by atoms with van der Waals surface area (Å²) < 4.78 is 5.07. The van der Waals surface area contributed by atoms with Crippen LogP contribution in [-0.4, -0.2) is 11.8 Å². The van der Waals surface area contributed by atoms with E-state index >= 15 is 0 Å². The molecule has 0 spiro atoms. The van der Waals surface area contributed by atoms with Crippen molar-refractivity contribution in [2.45, 2.75) is 60.5 Å². The van der Waals surface area contributed by atoms with E-state index in [4.69, 9.17) is 4.74 Å². The molecule has 0 aromatic heterocycles. The molecule has 0 amide bonds. The topological polar surface area (TPSA) is 43.4 Å². The van der Waals surface area contributed by atoms with Crippen molar-refractivity contribution in [1.29, 1.82) is 0 Å². The molecule has 164 valence electrons. The highest BCUT2D eigenvalue weighted by molar-refractivity contribution is 6.38. The largest absolute Gasteiger partial charge is 0.455 e. The van der Waals surface area contributed by atoms with Crippen molar-refractivity contribution in [2.75, 3.05) is 0 Å². The minimum absolute atomic E-state index is 0.0924. The van der Waals surface area contributed by atoms with Gasteiger partial charge in [0, 0.05) is 0 Å². The fourth-order valence-electron chi connectivity index (χ4n) is 3.74. The molecule has 1 aromatic carbocycles. The van der Waals surface area contributed by atoms with Gasteiger partial charge in [0.05, 0.1) is 0 Å². The first-order chi connectivity index (χ1) is 14.7. The van der Waals surface area contributed by atoms with E-state index in [0.717, 1.165) is 11.1 Å². The maximum atomic E-state index is 12.0. The van der Waals surface area contributed by atoms with E-state index in [1.165, 1.54) is 36.5 Å². The molecule has 0 heterocycles. The highest BCUT2D eigenvalue weighted by Crippen LogP contribution is 2.40. The van der Waals surface area contributed by atoms with Gasteiger partial charge in [-0.25, -0.2) is 4.79 Å². The average molecular weight is 419 g/mol. The number of carbonyl (C=O) groups is 2. The first-order valence-corrected chi connectivity index (χ1v) is 10.9. The number of carbonyl (C=O) groups excluding carboxylic acids is 2. The van der Waals surface area contributed by atoms with Gasteiger partial charge in [-0.1, -0.05) is 85.7 Å². The van der Waals surface area contributed by atoms with Crippen LogP contribution in [0.1, 0.15) is 59.4 Å². The molecule has 3 heteroatoms. The number of allylic oxidation sites excluding steroid dienone is 9. The van der Waals surface area contributed by atoms with Crippen molar-refractivity contribution in [3.8, 4) is 0 Å². The summed E-state index contributed by atoms with van der Waals surface area (Å²) in [5.41, 5.74) is 5.81. The van der Waals surface area contributed by atoms with Crippen LogP contribution in [0.15, 0.2) is 89.1 Å². The Morgan fingerprint density at radius 3 is 2.45 bits per heavy atom. The summed E-state index contributed by atoms with van der Waals surface area (Å²) in [6, 6.07) is 9.29. The van der Waals surface area contributed by atoms with E-state index in [1.807, 2.05) is 48.6 Å². The summed E-state index contributed by atoms with van der Waals surface area (Å²) in [5.74, 6) is -1.49. The lowest BCUT2D eigenvalue weighted by Gasteiger charge is -2.32. The van der Waals surface area contributed by atoms with Crippen LogP contribution in [0.3, 0.4) is 0 Å². The Balaban J connectivity index is 1.91. The van der Waals surface area contributed by atoms with E-state index in [1.54, 1.807) is 6.92 Å². The predicted octanol–water partition coefficient (Wildman–Crippen LogP) is 6.83. The number of rotatable bonds is 8. The monoisotopic (exact) mass is 418 g/mol. The standard InChI is InChI=1S/C28H34O3/c1-21(16-17-25-23(3)13-10-18-28(25,4)5)11-9-12-22(2)19-26(29)27(30)31-20-24-14-7-6-8-15-24/h6-9,11-12,14-17,19H,10,13,18,20H2,1-5H3/b12-9+,17-16+,21-11+,22-19+. The second-order valence-electron chi connectivity index (χ2n) is 8.85. The fraction of sp³-hybridized carbons (Fsp3) is 0.357. The Kier molecular flexibility index (Phi) is 8.99. The van der Waals surface area contributed by atoms with Gasteiger partial charge in [-0.05, 0) is 68.2 Å². The van der Waals surface area contributed by atoms with Crippen LogP contribution in [0.2, 0.25) is 0 Å². The van der Waals surface area contributed by atoms with Crippen molar-refractivity contribution in [1.82, 2.24) is 0 Å². The maximum Gasteiger partial charge on any atom is 0.379 e. The van der Waals surface area contributed by atoms with E-state index in [-0.39, 0.29) is 12.0 Å². The molecule has 2 rings (SSSR count). The lowest BCUT2D eigenvalue weighted by Crippen LogP contribution is -2.19. The quantitative estimate of drug-likeness (QED) is 0.201. The lowest BCUT2D eigenvalue weighted by atomic mass is 9.72. The molecule has 1 aromatic rings. The third-order valence-electron chi connectivity index (χ3n) is 5.55. The van der Waals surface area contributed by atoms with Gasteiger partial charge in [-0.3, -0.25) is 4.79 Å². The predicted molar refractivity (Wildman–Crippen MR) is 127 cm³/mol. The third-order valence-corrected chi connectivity index (χ3v) is 5.55. The summed E-state index contributed by atoms with van der Waals surface area (Å²) in [6.45, 7) is 10.8. The zero-order valence-electron chi connectivity index (χ0n) is 19.4. The Morgan fingerprint density at radius 2 is 1.77 bits per heavy atom. The van der Waals surface area contributed by atoms with Crippen LogP contribution in [0.5, 0.6) is 0 Å². The zero-order chi connectivity index (χ0) is 22.9. The number of benzene rings is 1. The molecule has 0 fully saturated rings. The summed E-state index contributed by atoms with van der Waals surface area (Å²) in [6.07, 6.45) is 15.0. The maximum absolute atomic E-state index is 12.0. The second-order valence-corrected chi connectivity index (χ2v) is 8.85. The molecule has 0 bridgehead atoms. The van der Waals surface area contributed by atoms with Crippen LogP contribution < -0.4 is 0 Å². The molecule has 1 aliphatic rings. The summed E-state index contributed by atoms with van der Waals surface area (Å²) in [7, 11) is 0. The Labute approximate surface area is 186 Å². The van der Waals surface area contributed by atoms with Crippen molar-refractivity contribution >= 4 is 11.8 Å². The van der Waals surface area contributed by atoms with Crippen LogP contribution in [0.25, 0.3) is 0 Å². The van der Waals surface area contributed by atoms with Crippen molar-refractivity contribution < 1.29 is 14.3 Å². The molecule has 0 radical (unpaired) electrons. The van der Waals surface area contributed by atoms with Crippen LogP contribution in [0.4, 0.5) is 0 Å². The molecule has 0 atom stereocenters. The highest BCUT2D eigenvalue weighted by atomic mass is 16.5. The van der Waals surface area contributed by atoms with Crippen LogP contribution in [0, 0.1) is 5.41 Å². The zero-order valence-corrected chi connectivity index (χ0v) is 19.4. The minimum atomic E-state index is -0.843. The molecule has 1 aliphatic carbocycles.